The summed E-state index contributed by atoms with van der Waals surface area (Å²) in [5.41, 5.74) is 7.37. The number of hydrogen-bond donors (Lipinski definition) is 1. The Morgan fingerprint density at radius 1 is 1.40 bits per heavy atom. The maximum absolute atomic E-state index is 12.9. The highest BCUT2D eigenvalue weighted by Crippen LogP contribution is 2.36. The minimum Gasteiger partial charge on any atom is -0.330 e. The zero-order chi connectivity index (χ0) is 17.7. The first kappa shape index (κ1) is 20.2. The van der Waals surface area contributed by atoms with Crippen LogP contribution in [0.25, 0.3) is 0 Å². The summed E-state index contributed by atoms with van der Waals surface area (Å²) in [6.45, 7) is 6.98. The summed E-state index contributed by atoms with van der Waals surface area (Å²) in [5, 5.41) is 0. The van der Waals surface area contributed by atoms with Crippen LogP contribution in [0.4, 0.5) is 5.69 Å². The number of anilines is 1. The molecule has 0 spiro atoms. The molecule has 0 bridgehead atoms. The number of benzene rings is 1. The van der Waals surface area contributed by atoms with Crippen molar-refractivity contribution >= 4 is 34.0 Å². The van der Waals surface area contributed by atoms with E-state index in [1.165, 1.54) is 11.2 Å². The van der Waals surface area contributed by atoms with Crippen LogP contribution in [0.1, 0.15) is 32.8 Å². The molecule has 2 aliphatic heterocycles. The Morgan fingerprint density at radius 3 is 2.64 bits per heavy atom. The van der Waals surface area contributed by atoms with Crippen LogP contribution in [0, 0.1) is 5.41 Å². The Morgan fingerprint density at radius 2 is 2.08 bits per heavy atom. The first-order valence-electron chi connectivity index (χ1n) is 8.31. The molecule has 1 saturated heterocycles. The smallest absolute Gasteiger partial charge is 0.243 e. The summed E-state index contributed by atoms with van der Waals surface area (Å²) in [6, 6.07) is 5.15. The molecule has 2 atom stereocenters. The van der Waals surface area contributed by atoms with Crippen LogP contribution in [0.3, 0.4) is 0 Å². The summed E-state index contributed by atoms with van der Waals surface area (Å²) in [4.78, 5) is 13.8. The van der Waals surface area contributed by atoms with Crippen LogP contribution in [0.15, 0.2) is 23.1 Å². The number of fused-ring (bicyclic) bond motifs is 1. The average molecular weight is 388 g/mol. The van der Waals surface area contributed by atoms with Gasteiger partial charge in [-0.15, -0.1) is 12.4 Å². The first-order valence-corrected chi connectivity index (χ1v) is 9.75. The third kappa shape index (κ3) is 3.43. The maximum atomic E-state index is 12.9. The Kier molecular flexibility index (Phi) is 5.54. The summed E-state index contributed by atoms with van der Waals surface area (Å²) in [7, 11) is -3.52. The Hall–Kier alpha value is -1.15. The van der Waals surface area contributed by atoms with Crippen LogP contribution in [-0.4, -0.2) is 44.3 Å². The van der Waals surface area contributed by atoms with Crippen molar-refractivity contribution in [3.8, 4) is 0 Å². The van der Waals surface area contributed by atoms with E-state index in [9.17, 15) is 13.2 Å². The molecule has 1 fully saturated rings. The lowest BCUT2D eigenvalue weighted by atomic mass is 9.90. The standard InChI is InChI=1S/C17H25N3O3S.ClH/c1-12-8-14-9-15(4-5-16(14)20(12)13(2)21)24(22,23)19-7-6-17(3,10-18)11-19;/h4-5,9,12H,6-8,10-11,18H2,1-3H3;1H. The van der Waals surface area contributed by atoms with E-state index in [0.29, 0.717) is 31.0 Å². The predicted octanol–water partition coefficient (Wildman–Crippen LogP) is 1.77. The van der Waals surface area contributed by atoms with Crippen LogP contribution in [0.5, 0.6) is 0 Å². The van der Waals surface area contributed by atoms with Crippen LogP contribution < -0.4 is 10.6 Å². The highest BCUT2D eigenvalue weighted by Gasteiger charge is 2.39. The summed E-state index contributed by atoms with van der Waals surface area (Å²) < 4.78 is 27.4. The van der Waals surface area contributed by atoms with E-state index < -0.39 is 10.0 Å². The van der Waals surface area contributed by atoms with E-state index in [2.05, 4.69) is 0 Å². The third-order valence-electron chi connectivity index (χ3n) is 5.26. The van der Waals surface area contributed by atoms with Gasteiger partial charge in [-0.2, -0.15) is 4.31 Å². The van der Waals surface area contributed by atoms with Crippen LogP contribution in [-0.2, 0) is 21.2 Å². The molecule has 2 N–H and O–H groups in total. The van der Waals surface area contributed by atoms with Crippen molar-refractivity contribution in [3.63, 3.8) is 0 Å². The van der Waals surface area contributed by atoms with Gasteiger partial charge < -0.3 is 10.6 Å². The fourth-order valence-corrected chi connectivity index (χ4v) is 5.39. The molecule has 0 radical (unpaired) electrons. The number of carbonyl (C=O) groups is 1. The normalized spacial score (nSPS) is 26.4. The number of carbonyl (C=O) groups excluding carboxylic acids is 1. The molecule has 2 unspecified atom stereocenters. The first-order chi connectivity index (χ1) is 11.2. The number of halogens is 1. The van der Waals surface area contributed by atoms with Crippen LogP contribution in [0.2, 0.25) is 0 Å². The van der Waals surface area contributed by atoms with Gasteiger partial charge in [0.1, 0.15) is 0 Å². The van der Waals surface area contributed by atoms with Gasteiger partial charge in [-0.1, -0.05) is 6.92 Å². The van der Waals surface area contributed by atoms with Crippen molar-refractivity contribution in [2.75, 3.05) is 24.5 Å². The van der Waals surface area contributed by atoms with E-state index in [4.69, 9.17) is 5.73 Å². The van der Waals surface area contributed by atoms with Crippen molar-refractivity contribution in [2.24, 2.45) is 11.1 Å². The van der Waals surface area contributed by atoms with E-state index in [-0.39, 0.29) is 29.8 Å². The molecule has 8 heteroatoms. The molecule has 0 aliphatic carbocycles. The molecule has 1 amide bonds. The second kappa shape index (κ2) is 6.87. The monoisotopic (exact) mass is 387 g/mol. The summed E-state index contributed by atoms with van der Waals surface area (Å²) in [6.07, 6.45) is 1.46. The fourth-order valence-electron chi connectivity index (χ4n) is 3.75. The second-order valence-electron chi connectivity index (χ2n) is 7.34. The molecule has 140 valence electrons. The highest BCUT2D eigenvalue weighted by molar-refractivity contribution is 7.89. The van der Waals surface area contributed by atoms with Gasteiger partial charge in [-0.3, -0.25) is 4.79 Å². The Bertz CT molecular complexity index is 783. The van der Waals surface area contributed by atoms with E-state index in [1.54, 1.807) is 23.1 Å². The SMILES string of the molecule is CC(=O)N1c2ccc(S(=O)(=O)N3CCC(C)(CN)C3)cc2CC1C.Cl. The number of sulfonamides is 1. The zero-order valence-corrected chi connectivity index (χ0v) is 16.5. The lowest BCUT2D eigenvalue weighted by Crippen LogP contribution is -2.34. The van der Waals surface area contributed by atoms with E-state index in [1.807, 2.05) is 13.8 Å². The van der Waals surface area contributed by atoms with Gasteiger partial charge in [0.2, 0.25) is 15.9 Å². The van der Waals surface area contributed by atoms with Crippen molar-refractivity contribution in [3.05, 3.63) is 23.8 Å². The predicted molar refractivity (Wildman–Crippen MR) is 101 cm³/mol. The number of nitrogens with zero attached hydrogens (tertiary/aromatic N) is 2. The number of nitrogens with two attached hydrogens (primary N) is 1. The molecule has 0 saturated carbocycles. The number of amides is 1. The largest absolute Gasteiger partial charge is 0.330 e. The van der Waals surface area contributed by atoms with Gasteiger partial charge in [-0.05, 0) is 55.5 Å². The van der Waals surface area contributed by atoms with Crippen molar-refractivity contribution in [2.45, 2.75) is 44.6 Å². The highest BCUT2D eigenvalue weighted by atomic mass is 35.5. The van der Waals surface area contributed by atoms with Gasteiger partial charge in [0.15, 0.2) is 0 Å². The lowest BCUT2D eigenvalue weighted by Gasteiger charge is -2.23. The van der Waals surface area contributed by atoms with Gasteiger partial charge in [0.05, 0.1) is 4.90 Å². The summed E-state index contributed by atoms with van der Waals surface area (Å²) in [5.74, 6) is -0.0184. The minimum atomic E-state index is -3.52. The van der Waals surface area contributed by atoms with Gasteiger partial charge in [0, 0.05) is 31.7 Å². The van der Waals surface area contributed by atoms with Crippen molar-refractivity contribution in [1.82, 2.24) is 4.31 Å². The summed E-state index contributed by atoms with van der Waals surface area (Å²) >= 11 is 0. The fraction of sp³-hybridized carbons (Fsp3) is 0.588. The molecule has 3 rings (SSSR count). The molecular formula is C17H26ClN3O3S. The second-order valence-corrected chi connectivity index (χ2v) is 9.27. The van der Waals surface area contributed by atoms with Crippen LogP contribution >= 0.6 is 12.4 Å². The maximum Gasteiger partial charge on any atom is 0.243 e. The molecule has 1 aromatic carbocycles. The lowest BCUT2D eigenvalue weighted by molar-refractivity contribution is -0.116. The third-order valence-corrected chi connectivity index (χ3v) is 7.10. The Labute approximate surface area is 155 Å². The van der Waals surface area contributed by atoms with E-state index >= 15 is 0 Å². The molecule has 6 nitrogen and oxygen atoms in total. The topological polar surface area (TPSA) is 83.7 Å². The molecule has 2 heterocycles. The average Bonchev–Trinajstić information content (AvgIpc) is 3.07. The quantitative estimate of drug-likeness (QED) is 0.856. The minimum absolute atomic E-state index is 0. The van der Waals surface area contributed by atoms with Crippen molar-refractivity contribution in [1.29, 1.82) is 0 Å². The Balaban J connectivity index is 0.00000225. The molecular weight excluding hydrogens is 362 g/mol. The number of hydrogen-bond acceptors (Lipinski definition) is 4. The van der Waals surface area contributed by atoms with Gasteiger partial charge >= 0.3 is 0 Å². The van der Waals surface area contributed by atoms with Gasteiger partial charge in [0.25, 0.3) is 0 Å². The van der Waals surface area contributed by atoms with Crippen molar-refractivity contribution < 1.29 is 13.2 Å². The van der Waals surface area contributed by atoms with E-state index in [0.717, 1.165) is 17.7 Å². The zero-order valence-electron chi connectivity index (χ0n) is 14.9. The molecule has 1 aromatic rings. The molecule has 0 aromatic heterocycles. The molecule has 25 heavy (non-hydrogen) atoms. The van der Waals surface area contributed by atoms with Gasteiger partial charge in [-0.25, -0.2) is 8.42 Å². The number of rotatable bonds is 3. The molecule has 2 aliphatic rings.